The first-order valence-corrected chi connectivity index (χ1v) is 11.1. The number of urea groups is 1. The van der Waals surface area contributed by atoms with Crippen LogP contribution < -0.4 is 10.6 Å². The molecule has 0 aromatic heterocycles. The first kappa shape index (κ1) is 20.8. The van der Waals surface area contributed by atoms with E-state index in [1.165, 1.54) is 12.1 Å². The zero-order chi connectivity index (χ0) is 21.3. The molecule has 4 rings (SSSR count). The van der Waals surface area contributed by atoms with Crippen molar-refractivity contribution in [1.29, 1.82) is 0 Å². The molecule has 0 unspecified atom stereocenters. The Labute approximate surface area is 176 Å². The smallest absolute Gasteiger partial charge is 0.325 e. The Morgan fingerprint density at radius 2 is 1.83 bits per heavy atom. The van der Waals surface area contributed by atoms with Crippen LogP contribution in [-0.2, 0) is 9.59 Å². The molecule has 1 saturated heterocycles. The van der Waals surface area contributed by atoms with Crippen molar-refractivity contribution in [2.45, 2.75) is 69.9 Å². The summed E-state index contributed by atoms with van der Waals surface area (Å²) in [6.07, 6.45) is 7.64. The van der Waals surface area contributed by atoms with Crippen molar-refractivity contribution in [3.05, 3.63) is 35.6 Å². The molecule has 1 spiro atoms. The highest BCUT2D eigenvalue weighted by Gasteiger charge is 2.55. The summed E-state index contributed by atoms with van der Waals surface area (Å²) >= 11 is 0. The van der Waals surface area contributed by atoms with Gasteiger partial charge in [0, 0.05) is 0 Å². The molecule has 2 aliphatic carbocycles. The van der Waals surface area contributed by atoms with Gasteiger partial charge in [-0.1, -0.05) is 44.7 Å². The lowest BCUT2D eigenvalue weighted by Gasteiger charge is -2.36. The fourth-order valence-electron chi connectivity index (χ4n) is 5.44. The molecular formula is C23H30FN3O3. The molecule has 2 saturated carbocycles. The summed E-state index contributed by atoms with van der Waals surface area (Å²) in [4.78, 5) is 39.6. The number of hydrogen-bond acceptors (Lipinski definition) is 3. The molecule has 6 nitrogen and oxygen atoms in total. The van der Waals surface area contributed by atoms with Crippen LogP contribution in [0.5, 0.6) is 0 Å². The molecule has 3 fully saturated rings. The highest BCUT2D eigenvalue weighted by atomic mass is 19.1. The van der Waals surface area contributed by atoms with E-state index in [9.17, 15) is 18.8 Å². The van der Waals surface area contributed by atoms with Crippen LogP contribution in [0.15, 0.2) is 24.3 Å². The van der Waals surface area contributed by atoms with Crippen LogP contribution in [0.25, 0.3) is 0 Å². The van der Waals surface area contributed by atoms with Crippen molar-refractivity contribution < 1.29 is 18.8 Å². The van der Waals surface area contributed by atoms with Gasteiger partial charge in [-0.25, -0.2) is 9.18 Å². The third kappa shape index (κ3) is 3.82. The average Bonchev–Trinajstić information content (AvgIpc) is 3.33. The normalized spacial score (nSPS) is 28.1. The van der Waals surface area contributed by atoms with E-state index in [0.29, 0.717) is 6.42 Å². The van der Waals surface area contributed by atoms with Crippen molar-refractivity contribution >= 4 is 17.8 Å². The summed E-state index contributed by atoms with van der Waals surface area (Å²) in [7, 11) is 0. The van der Waals surface area contributed by atoms with Crippen molar-refractivity contribution in [3.8, 4) is 0 Å². The summed E-state index contributed by atoms with van der Waals surface area (Å²) in [5.74, 6) is -0.635. The van der Waals surface area contributed by atoms with Gasteiger partial charge in [0.05, 0.1) is 6.04 Å². The van der Waals surface area contributed by atoms with Gasteiger partial charge < -0.3 is 10.6 Å². The second-order valence-electron chi connectivity index (χ2n) is 9.08. The molecule has 0 radical (unpaired) electrons. The summed E-state index contributed by atoms with van der Waals surface area (Å²) in [5, 5.41) is 5.92. The highest BCUT2D eigenvalue weighted by Crippen LogP contribution is 2.38. The van der Waals surface area contributed by atoms with E-state index in [1.807, 2.05) is 6.92 Å². The van der Waals surface area contributed by atoms with Crippen LogP contribution in [0.3, 0.4) is 0 Å². The van der Waals surface area contributed by atoms with Crippen LogP contribution in [-0.4, -0.2) is 34.8 Å². The van der Waals surface area contributed by atoms with Crippen LogP contribution >= 0.6 is 0 Å². The molecule has 7 heteroatoms. The maximum Gasteiger partial charge on any atom is 0.325 e. The number of amides is 4. The predicted octanol–water partition coefficient (Wildman–Crippen LogP) is 3.67. The number of nitrogens with zero attached hydrogens (tertiary/aromatic N) is 1. The number of halogens is 1. The van der Waals surface area contributed by atoms with Crippen molar-refractivity contribution in [2.75, 3.05) is 6.54 Å². The Morgan fingerprint density at radius 3 is 2.50 bits per heavy atom. The lowest BCUT2D eigenvalue weighted by atomic mass is 9.73. The maximum atomic E-state index is 13.4. The van der Waals surface area contributed by atoms with Gasteiger partial charge >= 0.3 is 6.03 Å². The summed E-state index contributed by atoms with van der Waals surface area (Å²) < 4.78 is 13.4. The van der Waals surface area contributed by atoms with Crippen LogP contribution in [0.1, 0.15) is 69.9 Å². The monoisotopic (exact) mass is 415 g/mol. The minimum Gasteiger partial charge on any atom is -0.347 e. The minimum absolute atomic E-state index is 0.0567. The molecule has 1 aliphatic heterocycles. The first-order chi connectivity index (χ1) is 14.4. The number of nitrogens with one attached hydrogen (secondary N) is 2. The Kier molecular flexibility index (Phi) is 5.80. The molecule has 3 atom stereocenters. The third-order valence-corrected chi connectivity index (χ3v) is 7.22. The second kappa shape index (κ2) is 8.36. The van der Waals surface area contributed by atoms with E-state index in [1.54, 1.807) is 12.1 Å². The van der Waals surface area contributed by atoms with E-state index in [4.69, 9.17) is 0 Å². The molecular weight excluding hydrogens is 385 g/mol. The van der Waals surface area contributed by atoms with Gasteiger partial charge in [-0.15, -0.1) is 0 Å². The Bertz CT molecular complexity index is 821. The van der Waals surface area contributed by atoms with Crippen molar-refractivity contribution in [1.82, 2.24) is 15.5 Å². The van der Waals surface area contributed by atoms with E-state index in [2.05, 4.69) is 10.6 Å². The van der Waals surface area contributed by atoms with Crippen LogP contribution in [0.2, 0.25) is 0 Å². The highest BCUT2D eigenvalue weighted by molar-refractivity contribution is 6.09. The largest absolute Gasteiger partial charge is 0.347 e. The predicted molar refractivity (Wildman–Crippen MR) is 110 cm³/mol. The number of hydrogen-bond donors (Lipinski definition) is 2. The average molecular weight is 416 g/mol. The summed E-state index contributed by atoms with van der Waals surface area (Å²) in [6, 6.07) is 5.47. The molecule has 1 aromatic rings. The molecule has 30 heavy (non-hydrogen) atoms. The topological polar surface area (TPSA) is 78.5 Å². The quantitative estimate of drug-likeness (QED) is 0.720. The minimum atomic E-state index is -0.864. The maximum absolute atomic E-state index is 13.4. The molecule has 4 amide bonds. The fraction of sp³-hybridized carbons (Fsp3) is 0.609. The van der Waals surface area contributed by atoms with Crippen LogP contribution in [0, 0.1) is 17.7 Å². The fourth-order valence-corrected chi connectivity index (χ4v) is 5.44. The molecule has 162 valence electrons. The van der Waals surface area contributed by atoms with E-state index in [-0.39, 0.29) is 42.1 Å². The number of imide groups is 1. The molecule has 1 aromatic carbocycles. The van der Waals surface area contributed by atoms with Gasteiger partial charge in [-0.05, 0) is 55.2 Å². The SMILES string of the molecule is C[C@@H]1CCCC[C@]12NC(=O)N(CC(=O)N[C@@H](c1ccc(F)cc1)C1CCCC1)C2=O. The zero-order valence-electron chi connectivity index (χ0n) is 17.5. The molecule has 2 N–H and O–H groups in total. The number of carbonyl (C=O) groups excluding carboxylic acids is 3. The van der Waals surface area contributed by atoms with Gasteiger partial charge in [-0.3, -0.25) is 14.5 Å². The molecule has 3 aliphatic rings. The first-order valence-electron chi connectivity index (χ1n) is 11.1. The van der Waals surface area contributed by atoms with Crippen molar-refractivity contribution in [2.24, 2.45) is 11.8 Å². The zero-order valence-corrected chi connectivity index (χ0v) is 17.5. The second-order valence-corrected chi connectivity index (χ2v) is 9.08. The number of carbonyl (C=O) groups is 3. The Morgan fingerprint density at radius 1 is 1.17 bits per heavy atom. The Hall–Kier alpha value is -2.44. The van der Waals surface area contributed by atoms with Gasteiger partial charge in [0.25, 0.3) is 5.91 Å². The van der Waals surface area contributed by atoms with E-state index < -0.39 is 11.6 Å². The van der Waals surface area contributed by atoms with E-state index >= 15 is 0 Å². The standard InChI is InChI=1S/C23H30FN3O3/c1-15-6-4-5-13-23(15)21(29)27(22(30)26-23)14-19(28)25-20(16-7-2-3-8-16)17-9-11-18(24)12-10-17/h9-12,15-16,20H,2-8,13-14H2,1H3,(H,25,28)(H,26,30)/t15-,20-,23+/m1/s1. The molecule has 0 bridgehead atoms. The summed E-state index contributed by atoms with van der Waals surface area (Å²) in [6.45, 7) is 1.70. The van der Waals surface area contributed by atoms with Gasteiger partial charge in [0.2, 0.25) is 5.91 Å². The van der Waals surface area contributed by atoms with E-state index in [0.717, 1.165) is 55.4 Å². The Balaban J connectivity index is 1.47. The van der Waals surface area contributed by atoms with Gasteiger partial charge in [0.15, 0.2) is 0 Å². The van der Waals surface area contributed by atoms with Gasteiger partial charge in [-0.2, -0.15) is 0 Å². The van der Waals surface area contributed by atoms with Crippen molar-refractivity contribution in [3.63, 3.8) is 0 Å². The van der Waals surface area contributed by atoms with Crippen LogP contribution in [0.4, 0.5) is 9.18 Å². The molecule has 1 heterocycles. The lowest BCUT2D eigenvalue weighted by molar-refractivity contribution is -0.137. The van der Waals surface area contributed by atoms with Gasteiger partial charge in [0.1, 0.15) is 17.9 Å². The third-order valence-electron chi connectivity index (χ3n) is 7.22. The number of benzene rings is 1. The number of rotatable bonds is 5. The summed E-state index contributed by atoms with van der Waals surface area (Å²) in [5.41, 5.74) is -0.0107. The lowest BCUT2D eigenvalue weighted by Crippen LogP contribution is -2.54.